The molecule has 0 heterocycles. The number of amides is 2. The van der Waals surface area contributed by atoms with Crippen LogP contribution in [-0.4, -0.2) is 23.5 Å². The number of aliphatic hydroxyl groups is 1. The van der Waals surface area contributed by atoms with Gasteiger partial charge in [0, 0.05) is 5.56 Å². The first-order valence-corrected chi connectivity index (χ1v) is 4.58. The third kappa shape index (κ3) is 2.33. The maximum absolute atomic E-state index is 13.3. The molecule has 98 valence electrons. The first-order valence-electron chi connectivity index (χ1n) is 4.58. The van der Waals surface area contributed by atoms with Crippen LogP contribution in [0.3, 0.4) is 0 Å². The van der Waals surface area contributed by atoms with Gasteiger partial charge in [-0.25, -0.2) is 17.6 Å². The smallest absolute Gasteiger partial charge is 0.264 e. The molecule has 0 fully saturated rings. The molecule has 0 radical (unpaired) electrons. The largest absolute Gasteiger partial charge is 0.387 e. The molecule has 0 saturated carbocycles. The van der Waals surface area contributed by atoms with Gasteiger partial charge in [-0.2, -0.15) is 0 Å². The van der Waals surface area contributed by atoms with E-state index in [1.807, 2.05) is 0 Å². The molecule has 0 unspecified atom stereocenters. The maximum Gasteiger partial charge on any atom is 0.264 e. The summed E-state index contributed by atoms with van der Waals surface area (Å²) in [5.41, 5.74) is -2.48. The van der Waals surface area contributed by atoms with Gasteiger partial charge in [-0.15, -0.1) is 0 Å². The summed E-state index contributed by atoms with van der Waals surface area (Å²) in [5.74, 6) is -10.2. The minimum absolute atomic E-state index is 0.789. The van der Waals surface area contributed by atoms with E-state index in [0.29, 0.717) is 0 Å². The second-order valence-corrected chi connectivity index (χ2v) is 3.29. The van der Waals surface area contributed by atoms with Crippen LogP contribution in [0.15, 0.2) is 0 Å². The summed E-state index contributed by atoms with van der Waals surface area (Å²) < 4.78 is 52.8. The van der Waals surface area contributed by atoms with E-state index in [9.17, 15) is 27.2 Å². The number of rotatable bonds is 2. The lowest BCUT2D eigenvalue weighted by molar-refractivity contribution is -0.122. The van der Waals surface area contributed by atoms with Gasteiger partial charge in [0.25, 0.3) is 11.8 Å². The van der Waals surface area contributed by atoms with Crippen molar-refractivity contribution in [2.24, 2.45) is 0 Å². The number of imide groups is 1. The van der Waals surface area contributed by atoms with Gasteiger partial charge < -0.3 is 5.11 Å². The van der Waals surface area contributed by atoms with Crippen molar-refractivity contribution in [2.45, 2.75) is 6.92 Å². The van der Waals surface area contributed by atoms with Crippen LogP contribution in [0, 0.1) is 30.2 Å². The van der Waals surface area contributed by atoms with Gasteiger partial charge in [0.15, 0.2) is 23.3 Å². The second-order valence-electron chi connectivity index (χ2n) is 3.29. The molecule has 0 spiro atoms. The molecule has 2 amide bonds. The molecular weight excluding hydrogens is 258 g/mol. The Morgan fingerprint density at radius 3 is 1.89 bits per heavy atom. The number of aliphatic hydroxyl groups excluding tert-OH is 1. The summed E-state index contributed by atoms with van der Waals surface area (Å²) in [5, 5.41) is 9.68. The van der Waals surface area contributed by atoms with E-state index in [-0.39, 0.29) is 0 Å². The van der Waals surface area contributed by atoms with Crippen molar-refractivity contribution in [3.8, 4) is 0 Å². The maximum atomic E-state index is 13.3. The fourth-order valence-electron chi connectivity index (χ4n) is 1.17. The Morgan fingerprint density at radius 2 is 1.50 bits per heavy atom. The van der Waals surface area contributed by atoms with Gasteiger partial charge in [0.2, 0.25) is 0 Å². The van der Waals surface area contributed by atoms with Gasteiger partial charge in [-0.1, -0.05) is 0 Å². The average Bonchev–Trinajstić information content (AvgIpc) is 2.34. The molecule has 4 nitrogen and oxygen atoms in total. The minimum atomic E-state index is -1.91. The van der Waals surface area contributed by atoms with E-state index >= 15 is 0 Å². The molecule has 0 bridgehead atoms. The second kappa shape index (κ2) is 5.13. The molecule has 18 heavy (non-hydrogen) atoms. The molecule has 0 aliphatic carbocycles. The molecule has 1 aromatic carbocycles. The van der Waals surface area contributed by atoms with Crippen LogP contribution < -0.4 is 5.32 Å². The van der Waals surface area contributed by atoms with Crippen LogP contribution in [0.4, 0.5) is 17.6 Å². The number of hydrogen-bond donors (Lipinski definition) is 2. The Bertz CT molecular complexity index is 501. The van der Waals surface area contributed by atoms with Crippen molar-refractivity contribution in [3.05, 3.63) is 34.4 Å². The average molecular weight is 265 g/mol. The minimum Gasteiger partial charge on any atom is -0.387 e. The lowest BCUT2D eigenvalue weighted by Gasteiger charge is -2.08. The van der Waals surface area contributed by atoms with E-state index in [1.54, 1.807) is 0 Å². The fourth-order valence-corrected chi connectivity index (χ4v) is 1.17. The Hall–Kier alpha value is -1.96. The third-order valence-electron chi connectivity index (χ3n) is 2.11. The van der Waals surface area contributed by atoms with Crippen LogP contribution in [0.5, 0.6) is 0 Å². The van der Waals surface area contributed by atoms with Gasteiger partial charge in [0.05, 0.1) is 0 Å². The number of nitrogens with one attached hydrogen (secondary N) is 1. The quantitative estimate of drug-likeness (QED) is 0.614. The van der Waals surface area contributed by atoms with E-state index in [1.165, 1.54) is 5.32 Å². The SMILES string of the molecule is Cc1c(F)c(F)c(C(=O)NC(=O)CO)c(F)c1F. The normalized spacial score (nSPS) is 10.3. The first-order chi connectivity index (χ1) is 8.31. The predicted octanol–water partition coefficient (Wildman–Crippen LogP) is 0.800. The number of hydrogen-bond acceptors (Lipinski definition) is 3. The summed E-state index contributed by atoms with van der Waals surface area (Å²) in [6.45, 7) is -0.330. The van der Waals surface area contributed by atoms with Crippen molar-refractivity contribution in [2.75, 3.05) is 6.61 Å². The van der Waals surface area contributed by atoms with Gasteiger partial charge >= 0.3 is 0 Å². The van der Waals surface area contributed by atoms with Crippen LogP contribution >= 0.6 is 0 Å². The predicted molar refractivity (Wildman–Crippen MR) is 50.6 cm³/mol. The van der Waals surface area contributed by atoms with Gasteiger partial charge in [-0.3, -0.25) is 14.9 Å². The van der Waals surface area contributed by atoms with Crippen LogP contribution in [0.2, 0.25) is 0 Å². The first kappa shape index (κ1) is 14.1. The summed E-state index contributed by atoms with van der Waals surface area (Å²) in [6, 6.07) is 0. The number of carbonyl (C=O) groups excluding carboxylic acids is 2. The molecule has 1 aromatic rings. The number of halogens is 4. The number of carbonyl (C=O) groups is 2. The van der Waals surface area contributed by atoms with Crippen molar-refractivity contribution < 1.29 is 32.3 Å². The van der Waals surface area contributed by atoms with Crippen molar-refractivity contribution >= 4 is 11.8 Å². The summed E-state index contributed by atoms with van der Waals surface area (Å²) >= 11 is 0. The number of benzene rings is 1. The molecule has 0 aromatic heterocycles. The van der Waals surface area contributed by atoms with E-state index in [2.05, 4.69) is 0 Å². The highest BCUT2D eigenvalue weighted by Gasteiger charge is 2.28. The van der Waals surface area contributed by atoms with Crippen LogP contribution in [0.25, 0.3) is 0 Å². The molecule has 0 saturated heterocycles. The highest BCUT2D eigenvalue weighted by Crippen LogP contribution is 2.23. The molecule has 2 N–H and O–H groups in total. The summed E-state index contributed by atoms with van der Waals surface area (Å²) in [7, 11) is 0. The summed E-state index contributed by atoms with van der Waals surface area (Å²) in [4.78, 5) is 21.9. The van der Waals surface area contributed by atoms with Gasteiger partial charge in [-0.05, 0) is 6.92 Å². The molecule has 1 rings (SSSR count). The standard InChI is InChI=1S/C10H7F4NO3/c1-3-6(11)8(13)5(9(14)7(3)12)10(18)15-4(17)2-16/h16H,2H2,1H3,(H,15,17,18). The Labute approximate surface area is 98.2 Å². The van der Waals surface area contributed by atoms with Gasteiger partial charge in [0.1, 0.15) is 12.2 Å². The molecule has 0 aliphatic rings. The zero-order chi connectivity index (χ0) is 14.0. The molecule has 8 heteroatoms. The zero-order valence-electron chi connectivity index (χ0n) is 8.98. The highest BCUT2D eigenvalue weighted by atomic mass is 19.2. The fraction of sp³-hybridized carbons (Fsp3) is 0.200. The monoisotopic (exact) mass is 265 g/mol. The van der Waals surface area contributed by atoms with Crippen molar-refractivity contribution in [3.63, 3.8) is 0 Å². The summed E-state index contributed by atoms with van der Waals surface area (Å²) in [6.07, 6.45) is 0. The Morgan fingerprint density at radius 1 is 1.06 bits per heavy atom. The van der Waals surface area contributed by atoms with E-state index in [4.69, 9.17) is 5.11 Å². The van der Waals surface area contributed by atoms with Crippen molar-refractivity contribution in [1.29, 1.82) is 0 Å². The molecule has 0 aliphatic heterocycles. The van der Waals surface area contributed by atoms with Crippen LogP contribution in [0.1, 0.15) is 15.9 Å². The van der Waals surface area contributed by atoms with Crippen LogP contribution in [-0.2, 0) is 4.79 Å². The Balaban J connectivity index is 3.33. The molecule has 0 atom stereocenters. The van der Waals surface area contributed by atoms with E-state index in [0.717, 1.165) is 6.92 Å². The topological polar surface area (TPSA) is 66.4 Å². The molecular formula is C10H7F4NO3. The lowest BCUT2D eigenvalue weighted by Crippen LogP contribution is -2.34. The lowest BCUT2D eigenvalue weighted by atomic mass is 10.1. The van der Waals surface area contributed by atoms with Crippen molar-refractivity contribution in [1.82, 2.24) is 5.32 Å². The zero-order valence-corrected chi connectivity index (χ0v) is 8.98. The van der Waals surface area contributed by atoms with E-state index < -0.39 is 52.8 Å². The highest BCUT2D eigenvalue weighted by molar-refractivity contribution is 6.05. The third-order valence-corrected chi connectivity index (χ3v) is 2.11. The Kier molecular flexibility index (Phi) is 4.02.